The molecule has 106 valence electrons. The van der Waals surface area contributed by atoms with Crippen molar-refractivity contribution in [3.8, 4) is 0 Å². The zero-order valence-electron chi connectivity index (χ0n) is 11.0. The van der Waals surface area contributed by atoms with Gasteiger partial charge < -0.3 is 15.7 Å². The number of amides is 1. The summed E-state index contributed by atoms with van der Waals surface area (Å²) < 4.78 is 0. The fraction of sp³-hybridized carbons (Fsp3) is 0.692. The highest BCUT2D eigenvalue weighted by Crippen LogP contribution is 2.21. The number of aliphatic hydroxyl groups excluding tert-OH is 1. The summed E-state index contributed by atoms with van der Waals surface area (Å²) in [4.78, 5) is 18.6. The molecule has 1 aromatic rings. The number of rotatable bonds is 5. The van der Waals surface area contributed by atoms with Gasteiger partial charge in [-0.2, -0.15) is 0 Å². The van der Waals surface area contributed by atoms with Crippen LogP contribution >= 0.6 is 11.3 Å². The number of hydrogen-bond donors (Lipinski definition) is 2. The Kier molecular flexibility index (Phi) is 5.30. The summed E-state index contributed by atoms with van der Waals surface area (Å²) in [6.07, 6.45) is 3.61. The van der Waals surface area contributed by atoms with Crippen LogP contribution in [0.2, 0.25) is 0 Å². The number of nitrogens with zero attached hydrogens (tertiary/aromatic N) is 2. The molecule has 1 atom stereocenters. The highest BCUT2D eigenvalue weighted by Gasteiger charge is 2.25. The molecule has 2 heterocycles. The Morgan fingerprint density at radius 2 is 2.47 bits per heavy atom. The van der Waals surface area contributed by atoms with Crippen LogP contribution in [0.25, 0.3) is 0 Å². The van der Waals surface area contributed by atoms with Crippen LogP contribution in [0, 0.1) is 5.92 Å². The summed E-state index contributed by atoms with van der Waals surface area (Å²) >= 11 is 1.50. The molecule has 1 aliphatic rings. The SMILES string of the molecule is NCCc1nc(C(=O)N2CCCC(CCO)C2)cs1. The van der Waals surface area contributed by atoms with Crippen molar-refractivity contribution in [2.45, 2.75) is 25.7 Å². The maximum absolute atomic E-state index is 12.3. The van der Waals surface area contributed by atoms with Gasteiger partial charge in [-0.05, 0) is 31.7 Å². The minimum Gasteiger partial charge on any atom is -0.396 e. The number of aromatic nitrogens is 1. The largest absolute Gasteiger partial charge is 0.396 e. The topological polar surface area (TPSA) is 79.5 Å². The van der Waals surface area contributed by atoms with Crippen molar-refractivity contribution in [2.75, 3.05) is 26.2 Å². The molecule has 0 saturated carbocycles. The molecule has 19 heavy (non-hydrogen) atoms. The fourth-order valence-electron chi connectivity index (χ4n) is 2.48. The monoisotopic (exact) mass is 283 g/mol. The van der Waals surface area contributed by atoms with E-state index in [0.717, 1.165) is 43.8 Å². The zero-order chi connectivity index (χ0) is 13.7. The summed E-state index contributed by atoms with van der Waals surface area (Å²) in [5.74, 6) is 0.437. The van der Waals surface area contributed by atoms with Crippen molar-refractivity contribution in [1.82, 2.24) is 9.88 Å². The summed E-state index contributed by atoms with van der Waals surface area (Å²) in [7, 11) is 0. The number of hydrogen-bond acceptors (Lipinski definition) is 5. The van der Waals surface area contributed by atoms with Crippen LogP contribution < -0.4 is 5.73 Å². The Hall–Kier alpha value is -0.980. The van der Waals surface area contributed by atoms with Gasteiger partial charge in [0.1, 0.15) is 5.69 Å². The second kappa shape index (κ2) is 6.98. The summed E-state index contributed by atoms with van der Waals surface area (Å²) in [6.45, 7) is 2.29. The lowest BCUT2D eigenvalue weighted by Gasteiger charge is -2.32. The standard InChI is InChI=1S/C13H21N3O2S/c14-5-3-12-15-11(9-19-12)13(18)16-6-1-2-10(8-16)4-7-17/h9-10,17H,1-8,14H2. The van der Waals surface area contributed by atoms with E-state index in [9.17, 15) is 4.79 Å². The van der Waals surface area contributed by atoms with E-state index in [-0.39, 0.29) is 12.5 Å². The highest BCUT2D eigenvalue weighted by molar-refractivity contribution is 7.09. The maximum atomic E-state index is 12.3. The van der Waals surface area contributed by atoms with E-state index < -0.39 is 0 Å². The molecule has 1 aromatic heterocycles. The van der Waals surface area contributed by atoms with Crippen LogP contribution in [0.5, 0.6) is 0 Å². The molecule has 2 rings (SSSR count). The Labute approximate surface area is 117 Å². The molecule has 1 unspecified atom stereocenters. The Balaban J connectivity index is 1.97. The van der Waals surface area contributed by atoms with Gasteiger partial charge >= 0.3 is 0 Å². The second-order valence-electron chi connectivity index (χ2n) is 4.94. The summed E-state index contributed by atoms with van der Waals surface area (Å²) in [5.41, 5.74) is 6.03. The molecule has 5 nitrogen and oxygen atoms in total. The highest BCUT2D eigenvalue weighted by atomic mass is 32.1. The molecular weight excluding hydrogens is 262 g/mol. The third-order valence-electron chi connectivity index (χ3n) is 3.47. The summed E-state index contributed by atoms with van der Waals surface area (Å²) in [6, 6.07) is 0. The lowest BCUT2D eigenvalue weighted by molar-refractivity contribution is 0.0648. The smallest absolute Gasteiger partial charge is 0.273 e. The number of carbonyl (C=O) groups excluding carboxylic acids is 1. The number of aliphatic hydroxyl groups is 1. The van der Waals surface area contributed by atoms with Gasteiger partial charge in [0.05, 0.1) is 5.01 Å². The average molecular weight is 283 g/mol. The first-order valence-corrected chi connectivity index (χ1v) is 7.67. The van der Waals surface area contributed by atoms with Gasteiger partial charge in [-0.15, -0.1) is 11.3 Å². The van der Waals surface area contributed by atoms with Crippen molar-refractivity contribution in [1.29, 1.82) is 0 Å². The van der Waals surface area contributed by atoms with E-state index in [1.807, 2.05) is 10.3 Å². The van der Waals surface area contributed by atoms with Crippen LogP contribution in [0.4, 0.5) is 0 Å². The van der Waals surface area contributed by atoms with E-state index in [1.165, 1.54) is 11.3 Å². The first-order valence-electron chi connectivity index (χ1n) is 6.79. The van der Waals surface area contributed by atoms with Crippen LogP contribution in [-0.2, 0) is 6.42 Å². The van der Waals surface area contributed by atoms with Gasteiger partial charge in [0.2, 0.25) is 0 Å². The molecule has 0 aliphatic carbocycles. The summed E-state index contributed by atoms with van der Waals surface area (Å²) in [5, 5.41) is 11.7. The third kappa shape index (κ3) is 3.75. The van der Waals surface area contributed by atoms with Gasteiger partial charge in [0.25, 0.3) is 5.91 Å². The fourth-order valence-corrected chi connectivity index (χ4v) is 3.27. The van der Waals surface area contributed by atoms with Gasteiger partial charge in [0.15, 0.2) is 0 Å². The van der Waals surface area contributed by atoms with E-state index in [1.54, 1.807) is 0 Å². The van der Waals surface area contributed by atoms with Crippen molar-refractivity contribution in [3.63, 3.8) is 0 Å². The van der Waals surface area contributed by atoms with E-state index in [2.05, 4.69) is 4.98 Å². The molecule has 3 N–H and O–H groups in total. The maximum Gasteiger partial charge on any atom is 0.273 e. The minimum absolute atomic E-state index is 0.0159. The predicted molar refractivity (Wildman–Crippen MR) is 75.2 cm³/mol. The van der Waals surface area contributed by atoms with Crippen LogP contribution in [0.3, 0.4) is 0 Å². The predicted octanol–water partition coefficient (Wildman–Crippen LogP) is 0.879. The van der Waals surface area contributed by atoms with Crippen molar-refractivity contribution < 1.29 is 9.90 Å². The van der Waals surface area contributed by atoms with Gasteiger partial charge in [-0.3, -0.25) is 4.79 Å². The molecule has 1 aliphatic heterocycles. The normalized spacial score (nSPS) is 19.7. The Morgan fingerprint density at radius 3 is 3.21 bits per heavy atom. The van der Waals surface area contributed by atoms with E-state index in [4.69, 9.17) is 10.8 Å². The molecular formula is C13H21N3O2S. The number of nitrogens with two attached hydrogens (primary N) is 1. The first kappa shape index (κ1) is 14.4. The van der Waals surface area contributed by atoms with Gasteiger partial charge in [-0.1, -0.05) is 0 Å². The molecule has 6 heteroatoms. The molecule has 0 spiro atoms. The third-order valence-corrected chi connectivity index (χ3v) is 4.38. The molecule has 1 saturated heterocycles. The minimum atomic E-state index is 0.0159. The lowest BCUT2D eigenvalue weighted by Crippen LogP contribution is -2.40. The van der Waals surface area contributed by atoms with Crippen LogP contribution in [0.15, 0.2) is 5.38 Å². The zero-order valence-corrected chi connectivity index (χ0v) is 11.9. The number of carbonyl (C=O) groups is 1. The average Bonchev–Trinajstić information content (AvgIpc) is 2.88. The van der Waals surface area contributed by atoms with E-state index >= 15 is 0 Å². The van der Waals surface area contributed by atoms with Gasteiger partial charge in [-0.25, -0.2) is 4.98 Å². The van der Waals surface area contributed by atoms with E-state index in [0.29, 0.717) is 18.2 Å². The van der Waals surface area contributed by atoms with Crippen LogP contribution in [-0.4, -0.2) is 47.1 Å². The molecule has 1 fully saturated rings. The molecule has 0 aromatic carbocycles. The number of likely N-dealkylation sites (tertiary alicyclic amines) is 1. The van der Waals surface area contributed by atoms with Crippen molar-refractivity contribution in [2.24, 2.45) is 11.7 Å². The first-order chi connectivity index (χ1) is 9.24. The molecule has 1 amide bonds. The Bertz CT molecular complexity index is 420. The second-order valence-corrected chi connectivity index (χ2v) is 5.88. The van der Waals surface area contributed by atoms with Crippen molar-refractivity contribution >= 4 is 17.2 Å². The molecule has 0 bridgehead atoms. The number of piperidine rings is 1. The Morgan fingerprint density at radius 1 is 1.63 bits per heavy atom. The van der Waals surface area contributed by atoms with Crippen LogP contribution in [0.1, 0.15) is 34.8 Å². The quantitative estimate of drug-likeness (QED) is 0.840. The van der Waals surface area contributed by atoms with Gasteiger partial charge in [0, 0.05) is 31.5 Å². The number of thiazole rings is 1. The molecule has 0 radical (unpaired) electrons. The lowest BCUT2D eigenvalue weighted by atomic mass is 9.95. The van der Waals surface area contributed by atoms with Crippen molar-refractivity contribution in [3.05, 3.63) is 16.1 Å².